The summed E-state index contributed by atoms with van der Waals surface area (Å²) < 4.78 is 11.9. The summed E-state index contributed by atoms with van der Waals surface area (Å²) in [5.41, 5.74) is 1.20. The molecule has 2 unspecified atom stereocenters. The van der Waals surface area contributed by atoms with Gasteiger partial charge < -0.3 is 9.47 Å². The Kier molecular flexibility index (Phi) is 6.76. The average molecular weight is 379 g/mol. The number of fused-ring (bicyclic) bond motifs is 1. The molecule has 2 aromatic rings. The second kappa shape index (κ2) is 8.58. The van der Waals surface area contributed by atoms with Gasteiger partial charge in [0.15, 0.2) is 0 Å². The first-order valence-corrected chi connectivity index (χ1v) is 9.45. The van der Waals surface area contributed by atoms with Gasteiger partial charge in [-0.1, -0.05) is 48.3 Å². The topological polar surface area (TPSA) is 18.5 Å². The van der Waals surface area contributed by atoms with Gasteiger partial charge in [0.2, 0.25) is 0 Å². The van der Waals surface area contributed by atoms with Crippen molar-refractivity contribution < 1.29 is 9.47 Å². The van der Waals surface area contributed by atoms with Gasteiger partial charge in [-0.25, -0.2) is 0 Å². The van der Waals surface area contributed by atoms with Gasteiger partial charge in [0, 0.05) is 0 Å². The van der Waals surface area contributed by atoms with Crippen molar-refractivity contribution in [2.45, 2.75) is 57.9 Å². The number of alkyl halides is 1. The molecule has 0 bridgehead atoms. The molecule has 23 heavy (non-hydrogen) atoms. The largest absolute Gasteiger partial charge is 0.493 e. The van der Waals surface area contributed by atoms with Crippen LogP contribution < -0.4 is 9.47 Å². The number of ether oxygens (including phenoxy) is 2. The van der Waals surface area contributed by atoms with Crippen molar-refractivity contribution in [1.82, 2.24) is 0 Å². The molecule has 0 saturated carbocycles. The highest BCUT2D eigenvalue weighted by atomic mass is 79.9. The van der Waals surface area contributed by atoms with Crippen LogP contribution in [0.2, 0.25) is 0 Å². The standard InChI is InChI=1S/C20H27BrO2/c1-5-7-12-22-20-11-8-16-13-17(9-10-18(16)14(20)3)23-15(4)19(21)6-2/h8-11,13,15,19H,5-7,12H2,1-4H3. The first-order valence-electron chi connectivity index (χ1n) is 8.53. The van der Waals surface area contributed by atoms with E-state index in [0.29, 0.717) is 4.83 Å². The summed E-state index contributed by atoms with van der Waals surface area (Å²) in [6, 6.07) is 10.5. The lowest BCUT2D eigenvalue weighted by Gasteiger charge is -2.19. The van der Waals surface area contributed by atoms with E-state index in [4.69, 9.17) is 9.47 Å². The van der Waals surface area contributed by atoms with Gasteiger partial charge in [0.05, 0.1) is 11.4 Å². The van der Waals surface area contributed by atoms with Gasteiger partial charge in [-0.15, -0.1) is 0 Å². The monoisotopic (exact) mass is 378 g/mol. The molecule has 3 heteroatoms. The zero-order valence-corrected chi connectivity index (χ0v) is 16.2. The molecule has 0 heterocycles. The molecule has 2 atom stereocenters. The number of hydrogen-bond acceptors (Lipinski definition) is 2. The summed E-state index contributed by atoms with van der Waals surface area (Å²) >= 11 is 3.66. The molecule has 0 spiro atoms. The van der Waals surface area contributed by atoms with Crippen molar-refractivity contribution in [2.24, 2.45) is 0 Å². The number of rotatable bonds is 8. The zero-order chi connectivity index (χ0) is 16.8. The Morgan fingerprint density at radius 3 is 2.61 bits per heavy atom. The summed E-state index contributed by atoms with van der Waals surface area (Å²) in [6.07, 6.45) is 3.44. The van der Waals surface area contributed by atoms with E-state index in [0.717, 1.165) is 37.4 Å². The molecule has 0 fully saturated rings. The number of hydrogen-bond donors (Lipinski definition) is 0. The van der Waals surface area contributed by atoms with Crippen molar-refractivity contribution in [2.75, 3.05) is 6.61 Å². The molecule has 0 amide bonds. The highest BCUT2D eigenvalue weighted by Gasteiger charge is 2.14. The fraction of sp³-hybridized carbons (Fsp3) is 0.500. The van der Waals surface area contributed by atoms with Crippen LogP contribution in [0, 0.1) is 6.92 Å². The first kappa shape index (κ1) is 18.1. The molecule has 0 aliphatic heterocycles. The van der Waals surface area contributed by atoms with Crippen LogP contribution in [0.25, 0.3) is 10.8 Å². The van der Waals surface area contributed by atoms with E-state index in [2.05, 4.69) is 74.0 Å². The minimum Gasteiger partial charge on any atom is -0.493 e. The lowest BCUT2D eigenvalue weighted by molar-refractivity contribution is 0.218. The lowest BCUT2D eigenvalue weighted by Crippen LogP contribution is -2.22. The summed E-state index contributed by atoms with van der Waals surface area (Å²) in [6.45, 7) is 9.34. The van der Waals surface area contributed by atoms with E-state index in [-0.39, 0.29) is 6.10 Å². The third-order valence-corrected chi connectivity index (χ3v) is 5.58. The summed E-state index contributed by atoms with van der Waals surface area (Å²) in [7, 11) is 0. The Morgan fingerprint density at radius 1 is 1.13 bits per heavy atom. The van der Waals surface area contributed by atoms with Gasteiger partial charge in [0.1, 0.15) is 17.6 Å². The molecule has 2 nitrogen and oxygen atoms in total. The maximum atomic E-state index is 6.05. The van der Waals surface area contributed by atoms with Crippen LogP contribution in [0.15, 0.2) is 30.3 Å². The Bertz CT molecular complexity index is 639. The van der Waals surface area contributed by atoms with Crippen LogP contribution in [0.4, 0.5) is 0 Å². The Hall–Kier alpha value is -1.22. The maximum absolute atomic E-state index is 6.05. The number of halogens is 1. The number of benzene rings is 2. The average Bonchev–Trinajstić information content (AvgIpc) is 2.56. The van der Waals surface area contributed by atoms with Crippen LogP contribution >= 0.6 is 15.9 Å². The van der Waals surface area contributed by atoms with Crippen molar-refractivity contribution in [3.8, 4) is 11.5 Å². The molecule has 126 valence electrons. The smallest absolute Gasteiger partial charge is 0.122 e. The molecule has 0 N–H and O–H groups in total. The first-order chi connectivity index (χ1) is 11.1. The van der Waals surface area contributed by atoms with Gasteiger partial charge in [-0.05, 0) is 61.2 Å². The lowest BCUT2D eigenvalue weighted by atomic mass is 10.0. The normalized spacial score (nSPS) is 13.8. The van der Waals surface area contributed by atoms with Crippen LogP contribution in [0.1, 0.15) is 45.6 Å². The minimum absolute atomic E-state index is 0.148. The Labute approximate surface area is 148 Å². The Balaban J connectivity index is 2.19. The second-order valence-electron chi connectivity index (χ2n) is 6.02. The van der Waals surface area contributed by atoms with Crippen molar-refractivity contribution in [1.29, 1.82) is 0 Å². The van der Waals surface area contributed by atoms with Gasteiger partial charge >= 0.3 is 0 Å². The minimum atomic E-state index is 0.148. The molecule has 0 aliphatic rings. The third kappa shape index (κ3) is 4.63. The van der Waals surface area contributed by atoms with Crippen molar-refractivity contribution >= 4 is 26.7 Å². The van der Waals surface area contributed by atoms with Crippen LogP contribution in [-0.4, -0.2) is 17.5 Å². The highest BCUT2D eigenvalue weighted by molar-refractivity contribution is 9.09. The predicted molar refractivity (Wildman–Crippen MR) is 102 cm³/mol. The fourth-order valence-corrected chi connectivity index (χ4v) is 2.73. The Morgan fingerprint density at radius 2 is 1.91 bits per heavy atom. The van der Waals surface area contributed by atoms with Crippen molar-refractivity contribution in [3.63, 3.8) is 0 Å². The predicted octanol–water partition coefficient (Wildman–Crippen LogP) is 6.27. The summed E-state index contributed by atoms with van der Waals surface area (Å²) in [5, 5.41) is 2.42. The van der Waals surface area contributed by atoms with Crippen molar-refractivity contribution in [3.05, 3.63) is 35.9 Å². The van der Waals surface area contributed by atoms with Crippen LogP contribution in [0.3, 0.4) is 0 Å². The molecule has 2 aromatic carbocycles. The number of aryl methyl sites for hydroxylation is 1. The fourth-order valence-electron chi connectivity index (χ4n) is 2.62. The van der Waals surface area contributed by atoms with E-state index in [1.54, 1.807) is 0 Å². The number of unbranched alkanes of at least 4 members (excludes halogenated alkanes) is 1. The van der Waals surface area contributed by atoms with Gasteiger partial charge in [-0.2, -0.15) is 0 Å². The second-order valence-corrected chi connectivity index (χ2v) is 7.20. The van der Waals surface area contributed by atoms with E-state index in [1.807, 2.05) is 0 Å². The quantitative estimate of drug-likeness (QED) is 0.398. The van der Waals surface area contributed by atoms with Gasteiger partial charge in [-0.3, -0.25) is 0 Å². The molecule has 0 saturated heterocycles. The highest BCUT2D eigenvalue weighted by Crippen LogP contribution is 2.30. The maximum Gasteiger partial charge on any atom is 0.122 e. The van der Waals surface area contributed by atoms with E-state index < -0.39 is 0 Å². The van der Waals surface area contributed by atoms with Gasteiger partial charge in [0.25, 0.3) is 0 Å². The van der Waals surface area contributed by atoms with Crippen LogP contribution in [-0.2, 0) is 0 Å². The molecule has 0 aromatic heterocycles. The molecular weight excluding hydrogens is 352 g/mol. The molecule has 0 radical (unpaired) electrons. The van der Waals surface area contributed by atoms with E-state index in [9.17, 15) is 0 Å². The molecule has 2 rings (SSSR count). The third-order valence-electron chi connectivity index (χ3n) is 4.19. The van der Waals surface area contributed by atoms with E-state index in [1.165, 1.54) is 16.3 Å². The SMILES string of the molecule is CCCCOc1ccc2cc(OC(C)C(Br)CC)ccc2c1C. The van der Waals surface area contributed by atoms with E-state index >= 15 is 0 Å². The summed E-state index contributed by atoms with van der Waals surface area (Å²) in [4.78, 5) is 0.370. The molecular formula is C20H27BrO2. The van der Waals surface area contributed by atoms with Crippen LogP contribution in [0.5, 0.6) is 11.5 Å². The summed E-state index contributed by atoms with van der Waals surface area (Å²) in [5.74, 6) is 1.90. The zero-order valence-electron chi connectivity index (χ0n) is 14.6. The molecule has 0 aliphatic carbocycles.